The first-order valence-corrected chi connectivity index (χ1v) is 10.9. The fourth-order valence-electron chi connectivity index (χ4n) is 3.78. The van der Waals surface area contributed by atoms with Crippen LogP contribution in [-0.2, 0) is 9.59 Å². The molecule has 0 heterocycles. The summed E-state index contributed by atoms with van der Waals surface area (Å²) in [4.78, 5) is 23.3. The van der Waals surface area contributed by atoms with Crippen molar-refractivity contribution in [3.8, 4) is 0 Å². The van der Waals surface area contributed by atoms with Crippen LogP contribution in [0.2, 0.25) is 0 Å². The Bertz CT molecular complexity index is 566. The van der Waals surface area contributed by atoms with Crippen molar-refractivity contribution in [2.75, 3.05) is 13.2 Å². The maximum absolute atomic E-state index is 12.2. The molecule has 0 aromatic heterocycles. The number of unbranched alkanes of at least 4 members (excludes halogenated alkanes) is 3. The lowest BCUT2D eigenvalue weighted by Crippen LogP contribution is -2.24. The first-order chi connectivity index (χ1) is 14.0. The number of Topliss-reactive ketones (excluding diaryl/α,β-unsaturated/α-hetero) is 2. The fraction of sp³-hybridized carbons (Fsp3) is 0.667. The average Bonchev–Trinajstić information content (AvgIpc) is 3.07. The van der Waals surface area contributed by atoms with E-state index in [1.54, 1.807) is 6.08 Å². The molecule has 3 atom stereocenters. The molecule has 0 amide bonds. The molecule has 1 fully saturated rings. The topological polar surface area (TPSA) is 94.8 Å². The van der Waals surface area contributed by atoms with E-state index >= 15 is 0 Å². The van der Waals surface area contributed by atoms with Crippen LogP contribution in [0.25, 0.3) is 0 Å². The monoisotopic (exact) mass is 406 g/mol. The van der Waals surface area contributed by atoms with Crippen LogP contribution in [0.5, 0.6) is 0 Å². The molecule has 3 N–H and O–H groups in total. The van der Waals surface area contributed by atoms with Crippen LogP contribution in [-0.4, -0.2) is 45.7 Å². The van der Waals surface area contributed by atoms with Gasteiger partial charge in [0.1, 0.15) is 12.4 Å². The summed E-state index contributed by atoms with van der Waals surface area (Å²) in [5, 5.41) is 28.2. The lowest BCUT2D eigenvalue weighted by molar-refractivity contribution is -0.122. The zero-order valence-electron chi connectivity index (χ0n) is 17.6. The van der Waals surface area contributed by atoms with E-state index in [4.69, 9.17) is 10.2 Å². The van der Waals surface area contributed by atoms with Crippen LogP contribution < -0.4 is 0 Å². The molecule has 164 valence electrons. The van der Waals surface area contributed by atoms with E-state index in [2.05, 4.69) is 12.7 Å². The van der Waals surface area contributed by atoms with Crippen LogP contribution in [0.3, 0.4) is 0 Å². The minimum Gasteiger partial charge on any atom is -0.396 e. The zero-order chi connectivity index (χ0) is 21.5. The normalized spacial score (nSPS) is 21.8. The van der Waals surface area contributed by atoms with E-state index in [1.165, 1.54) is 0 Å². The molecule has 0 aliphatic heterocycles. The van der Waals surface area contributed by atoms with Gasteiger partial charge in [0.05, 0.1) is 5.60 Å². The van der Waals surface area contributed by atoms with Crippen LogP contribution in [0.1, 0.15) is 70.6 Å². The minimum atomic E-state index is -0.935. The molecular weight excluding hydrogens is 368 g/mol. The van der Waals surface area contributed by atoms with E-state index in [-0.39, 0.29) is 24.2 Å². The highest BCUT2D eigenvalue weighted by Gasteiger charge is 2.32. The first kappa shape index (κ1) is 25.5. The second-order valence-electron chi connectivity index (χ2n) is 8.05. The predicted octanol–water partition coefficient (Wildman–Crippen LogP) is 3.68. The number of carbonyl (C=O) groups excluding carboxylic acids is 2. The van der Waals surface area contributed by atoms with E-state index < -0.39 is 12.2 Å². The number of ketones is 2. The lowest BCUT2D eigenvalue weighted by atomic mass is 9.89. The van der Waals surface area contributed by atoms with Crippen molar-refractivity contribution in [3.63, 3.8) is 0 Å². The maximum atomic E-state index is 12.2. The van der Waals surface area contributed by atoms with Crippen molar-refractivity contribution < 1.29 is 24.9 Å². The van der Waals surface area contributed by atoms with Crippen molar-refractivity contribution in [2.24, 2.45) is 11.8 Å². The van der Waals surface area contributed by atoms with Crippen molar-refractivity contribution in [3.05, 3.63) is 37.0 Å². The number of hydrogen-bond donors (Lipinski definition) is 3. The van der Waals surface area contributed by atoms with Crippen LogP contribution >= 0.6 is 0 Å². The highest BCUT2D eigenvalue weighted by Crippen LogP contribution is 2.33. The van der Waals surface area contributed by atoms with Gasteiger partial charge in [0, 0.05) is 25.4 Å². The van der Waals surface area contributed by atoms with Gasteiger partial charge in [0.2, 0.25) is 0 Å². The molecule has 0 spiro atoms. The van der Waals surface area contributed by atoms with Gasteiger partial charge in [-0.15, -0.1) is 6.58 Å². The Hall–Kier alpha value is -1.56. The van der Waals surface area contributed by atoms with E-state index in [0.29, 0.717) is 37.9 Å². The van der Waals surface area contributed by atoms with Gasteiger partial charge in [-0.1, -0.05) is 43.2 Å². The Labute approximate surface area is 175 Å². The Kier molecular flexibility index (Phi) is 12.7. The van der Waals surface area contributed by atoms with Gasteiger partial charge in [-0.05, 0) is 50.9 Å². The average molecular weight is 407 g/mol. The molecule has 1 rings (SSSR count). The number of rotatable bonds is 16. The van der Waals surface area contributed by atoms with E-state index in [9.17, 15) is 14.7 Å². The fourth-order valence-corrected chi connectivity index (χ4v) is 3.78. The molecule has 0 aromatic carbocycles. The molecule has 29 heavy (non-hydrogen) atoms. The zero-order valence-corrected chi connectivity index (χ0v) is 17.6. The number of carbonyl (C=O) groups is 2. The van der Waals surface area contributed by atoms with Gasteiger partial charge >= 0.3 is 0 Å². The molecule has 1 aliphatic carbocycles. The van der Waals surface area contributed by atoms with Crippen molar-refractivity contribution in [1.29, 1.82) is 0 Å². The lowest BCUT2D eigenvalue weighted by Gasteiger charge is -2.23. The molecule has 0 aromatic rings. The van der Waals surface area contributed by atoms with E-state index in [0.717, 1.165) is 38.5 Å². The van der Waals surface area contributed by atoms with Crippen LogP contribution in [0, 0.1) is 11.8 Å². The van der Waals surface area contributed by atoms with Gasteiger partial charge in [-0.2, -0.15) is 0 Å². The Balaban J connectivity index is 2.45. The van der Waals surface area contributed by atoms with Gasteiger partial charge in [0.25, 0.3) is 0 Å². The Morgan fingerprint density at radius 3 is 2.62 bits per heavy atom. The SMILES string of the molecule is C=CC(O)(CC=C[C@H]1CCC(=O)[C@@H]1CC=CCCCC(=O)CO)CCCCCO. The van der Waals surface area contributed by atoms with Crippen LogP contribution in [0.4, 0.5) is 0 Å². The summed E-state index contributed by atoms with van der Waals surface area (Å²) in [7, 11) is 0. The third-order valence-corrected chi connectivity index (χ3v) is 5.72. The summed E-state index contributed by atoms with van der Waals surface area (Å²) < 4.78 is 0. The van der Waals surface area contributed by atoms with Gasteiger partial charge < -0.3 is 15.3 Å². The smallest absolute Gasteiger partial charge is 0.158 e. The van der Waals surface area contributed by atoms with Gasteiger partial charge in [-0.3, -0.25) is 9.59 Å². The third-order valence-electron chi connectivity index (χ3n) is 5.72. The second-order valence-corrected chi connectivity index (χ2v) is 8.05. The molecule has 1 aliphatic rings. The number of hydrogen-bond acceptors (Lipinski definition) is 5. The summed E-state index contributed by atoms with van der Waals surface area (Å²) in [6, 6.07) is 0. The summed E-state index contributed by atoms with van der Waals surface area (Å²) in [6.45, 7) is 3.55. The van der Waals surface area contributed by atoms with Gasteiger partial charge in [0.15, 0.2) is 5.78 Å². The largest absolute Gasteiger partial charge is 0.396 e. The van der Waals surface area contributed by atoms with Crippen molar-refractivity contribution in [2.45, 2.75) is 76.2 Å². The molecule has 1 saturated carbocycles. The molecule has 5 nitrogen and oxygen atoms in total. The number of aliphatic hydroxyl groups is 3. The van der Waals surface area contributed by atoms with Crippen molar-refractivity contribution >= 4 is 11.6 Å². The minimum absolute atomic E-state index is 0.0112. The number of aliphatic hydroxyl groups excluding tert-OH is 2. The van der Waals surface area contributed by atoms with Gasteiger partial charge in [-0.25, -0.2) is 0 Å². The highest BCUT2D eigenvalue weighted by molar-refractivity contribution is 5.83. The summed E-state index contributed by atoms with van der Waals surface area (Å²) in [5.74, 6) is 0.347. The van der Waals surface area contributed by atoms with E-state index in [1.807, 2.05) is 18.2 Å². The first-order valence-electron chi connectivity index (χ1n) is 10.9. The van der Waals surface area contributed by atoms with Crippen LogP contribution in [0.15, 0.2) is 37.0 Å². The molecule has 0 saturated heterocycles. The number of allylic oxidation sites excluding steroid dienone is 3. The summed E-state index contributed by atoms with van der Waals surface area (Å²) in [6.07, 6.45) is 17.3. The predicted molar refractivity (Wildman–Crippen MR) is 115 cm³/mol. The Morgan fingerprint density at radius 1 is 1.14 bits per heavy atom. The molecule has 0 bridgehead atoms. The standard InChI is InChI=1S/C24H38O5/c1-2-24(29,16-8-5-9-18-25)17-10-11-20-14-15-23(28)22(20)13-7-4-3-6-12-21(27)19-26/h2,4,7,10-11,20,22,25-26,29H,1,3,5-6,8-9,12-19H2/t20-,22+,24?/m0/s1. The van der Waals surface area contributed by atoms with Crippen molar-refractivity contribution in [1.82, 2.24) is 0 Å². The summed E-state index contributed by atoms with van der Waals surface area (Å²) in [5.41, 5.74) is -0.935. The second kappa shape index (κ2) is 14.4. The maximum Gasteiger partial charge on any atom is 0.158 e. The highest BCUT2D eigenvalue weighted by atomic mass is 16.3. The molecule has 1 unspecified atom stereocenters. The molecule has 5 heteroatoms. The quantitative estimate of drug-likeness (QED) is 0.268. The Morgan fingerprint density at radius 2 is 1.93 bits per heavy atom. The molecular formula is C24H38O5. The third kappa shape index (κ3) is 10.2. The summed E-state index contributed by atoms with van der Waals surface area (Å²) >= 11 is 0. The molecule has 0 radical (unpaired) electrons.